The fourth-order valence-electron chi connectivity index (χ4n) is 1.20. The lowest BCUT2D eigenvalue weighted by Gasteiger charge is -1.96. The average Bonchev–Trinajstić information content (AvgIpc) is 2.52. The zero-order valence-electron chi connectivity index (χ0n) is 8.19. The molecule has 82 valence electrons. The molecular weight excluding hydrogens is 234 g/mol. The van der Waals surface area contributed by atoms with Crippen LogP contribution in [0.1, 0.15) is 17.3 Å². The van der Waals surface area contributed by atoms with Crippen molar-refractivity contribution in [3.05, 3.63) is 28.8 Å². The number of hydrogen-bond acceptors (Lipinski definition) is 5. The minimum atomic E-state index is -0.627. The average molecular weight is 240 g/mol. The Kier molecular flexibility index (Phi) is 2.62. The summed E-state index contributed by atoms with van der Waals surface area (Å²) in [7, 11) is 0. The predicted molar refractivity (Wildman–Crippen MR) is 55.6 cm³/mol. The van der Waals surface area contributed by atoms with E-state index >= 15 is 0 Å². The fraction of sp³-hybridized carbons (Fsp3) is 0.100. The number of hydrogen-bond donors (Lipinski definition) is 0. The van der Waals surface area contributed by atoms with Crippen molar-refractivity contribution in [3.63, 3.8) is 0 Å². The number of carbonyl (C=O) groups is 2. The second-order valence-electron chi connectivity index (χ2n) is 3.05. The lowest BCUT2D eigenvalue weighted by molar-refractivity contribution is -0.141. The summed E-state index contributed by atoms with van der Waals surface area (Å²) in [5, 5.41) is 3.75. The van der Waals surface area contributed by atoms with Gasteiger partial charge in [-0.2, -0.15) is 0 Å². The van der Waals surface area contributed by atoms with Crippen LogP contribution in [0.15, 0.2) is 23.4 Å². The molecule has 0 saturated carbocycles. The molecule has 0 aliphatic carbocycles. The first-order valence-corrected chi connectivity index (χ1v) is 4.73. The molecular formula is C10H6ClNO4. The van der Waals surface area contributed by atoms with E-state index in [4.69, 9.17) is 16.3 Å². The van der Waals surface area contributed by atoms with Gasteiger partial charge in [0.25, 0.3) is 5.78 Å². The molecule has 0 radical (unpaired) electrons. The van der Waals surface area contributed by atoms with Crippen molar-refractivity contribution in [3.8, 4) is 5.75 Å². The third-order valence-corrected chi connectivity index (χ3v) is 2.08. The number of fused-ring (bicyclic) bond motifs is 1. The van der Waals surface area contributed by atoms with Crippen LogP contribution in [0, 0.1) is 0 Å². The Bertz CT molecular complexity index is 510. The van der Waals surface area contributed by atoms with Crippen molar-refractivity contribution in [1.29, 1.82) is 0 Å². The van der Waals surface area contributed by atoms with Crippen molar-refractivity contribution in [2.75, 3.05) is 0 Å². The summed E-state index contributed by atoms with van der Waals surface area (Å²) in [6.07, 6.45) is 0. The molecule has 5 nitrogen and oxygen atoms in total. The van der Waals surface area contributed by atoms with Crippen LogP contribution in [0.25, 0.3) is 0 Å². The minimum Gasteiger partial charge on any atom is -0.433 e. The van der Waals surface area contributed by atoms with Crippen molar-refractivity contribution in [2.24, 2.45) is 5.16 Å². The molecule has 1 aromatic rings. The number of oxime groups is 1. The van der Waals surface area contributed by atoms with E-state index in [-0.39, 0.29) is 5.90 Å². The number of ether oxygens (including phenoxy) is 1. The van der Waals surface area contributed by atoms with Crippen LogP contribution >= 0.6 is 11.6 Å². The third-order valence-electron chi connectivity index (χ3n) is 1.85. The summed E-state index contributed by atoms with van der Waals surface area (Å²) in [5.41, 5.74) is 0.343. The van der Waals surface area contributed by atoms with Gasteiger partial charge in [0.1, 0.15) is 5.75 Å². The van der Waals surface area contributed by atoms with Crippen LogP contribution in [0.3, 0.4) is 0 Å². The van der Waals surface area contributed by atoms with Crippen molar-refractivity contribution >= 4 is 29.3 Å². The van der Waals surface area contributed by atoms with Crippen LogP contribution < -0.4 is 4.74 Å². The maximum atomic E-state index is 11.6. The fourth-order valence-corrected chi connectivity index (χ4v) is 1.36. The molecule has 0 unspecified atom stereocenters. The Morgan fingerprint density at radius 1 is 1.50 bits per heavy atom. The number of nitrogens with zero attached hydrogens (tertiary/aromatic N) is 1. The number of carbonyl (C=O) groups excluding carboxylic acids is 2. The first-order chi connectivity index (χ1) is 7.58. The van der Waals surface area contributed by atoms with E-state index in [1.165, 1.54) is 19.1 Å². The zero-order valence-corrected chi connectivity index (χ0v) is 8.95. The molecule has 1 aliphatic heterocycles. The Balaban J connectivity index is 2.30. The Labute approximate surface area is 95.6 Å². The van der Waals surface area contributed by atoms with Gasteiger partial charge in [-0.1, -0.05) is 11.6 Å². The lowest BCUT2D eigenvalue weighted by atomic mass is 10.1. The summed E-state index contributed by atoms with van der Waals surface area (Å²) in [6.45, 7) is 1.17. The van der Waals surface area contributed by atoms with Crippen molar-refractivity contribution in [2.45, 2.75) is 6.92 Å². The first kappa shape index (κ1) is 10.6. The van der Waals surface area contributed by atoms with E-state index in [1.54, 1.807) is 6.07 Å². The molecule has 0 atom stereocenters. The zero-order chi connectivity index (χ0) is 11.7. The topological polar surface area (TPSA) is 65.0 Å². The molecule has 6 heteroatoms. The number of rotatable bonds is 1. The number of benzene rings is 1. The van der Waals surface area contributed by atoms with Gasteiger partial charge in [0.05, 0.1) is 5.56 Å². The van der Waals surface area contributed by atoms with Gasteiger partial charge >= 0.3 is 11.9 Å². The SMILES string of the molecule is CC(=O)O/N=C1/Oc2cc(Cl)ccc2C1=O. The van der Waals surface area contributed by atoms with Gasteiger partial charge in [0.2, 0.25) is 0 Å². The summed E-state index contributed by atoms with van der Waals surface area (Å²) in [4.78, 5) is 26.5. The van der Waals surface area contributed by atoms with Gasteiger partial charge in [-0.15, -0.1) is 0 Å². The monoisotopic (exact) mass is 239 g/mol. The molecule has 2 rings (SSSR count). The summed E-state index contributed by atoms with van der Waals surface area (Å²) < 4.78 is 5.09. The van der Waals surface area contributed by atoms with Gasteiger partial charge in [0.15, 0.2) is 0 Å². The highest BCUT2D eigenvalue weighted by atomic mass is 35.5. The van der Waals surface area contributed by atoms with E-state index in [0.29, 0.717) is 16.3 Å². The number of Topliss-reactive ketones (excluding diaryl/α,β-unsaturated/α-hetero) is 1. The second kappa shape index (κ2) is 3.94. The minimum absolute atomic E-state index is 0.271. The van der Waals surface area contributed by atoms with Gasteiger partial charge in [-0.3, -0.25) is 4.79 Å². The Morgan fingerprint density at radius 3 is 2.94 bits per heavy atom. The van der Waals surface area contributed by atoms with E-state index in [2.05, 4.69) is 9.99 Å². The highest BCUT2D eigenvalue weighted by Crippen LogP contribution is 2.29. The molecule has 16 heavy (non-hydrogen) atoms. The Hall–Kier alpha value is -1.88. The van der Waals surface area contributed by atoms with Gasteiger partial charge in [-0.05, 0) is 17.3 Å². The summed E-state index contributed by atoms with van der Waals surface area (Å²) in [5.74, 6) is -1.03. The summed E-state index contributed by atoms with van der Waals surface area (Å²) in [6, 6.07) is 4.58. The highest BCUT2D eigenvalue weighted by Gasteiger charge is 2.30. The van der Waals surface area contributed by atoms with Crippen LogP contribution in [-0.4, -0.2) is 17.7 Å². The van der Waals surface area contributed by atoms with E-state index in [0.717, 1.165) is 0 Å². The lowest BCUT2D eigenvalue weighted by Crippen LogP contribution is -2.13. The van der Waals surface area contributed by atoms with Crippen molar-refractivity contribution in [1.82, 2.24) is 0 Å². The van der Waals surface area contributed by atoms with Crippen LogP contribution in [0.5, 0.6) is 5.75 Å². The maximum Gasteiger partial charge on any atom is 0.332 e. The predicted octanol–water partition coefficient (Wildman–Crippen LogP) is 1.79. The molecule has 1 heterocycles. The molecule has 0 spiro atoms. The first-order valence-electron chi connectivity index (χ1n) is 4.35. The molecule has 1 aliphatic rings. The van der Waals surface area contributed by atoms with Gasteiger partial charge < -0.3 is 9.57 Å². The van der Waals surface area contributed by atoms with Crippen molar-refractivity contribution < 1.29 is 19.2 Å². The van der Waals surface area contributed by atoms with E-state index in [1.807, 2.05) is 0 Å². The summed E-state index contributed by atoms with van der Waals surface area (Å²) >= 11 is 5.73. The van der Waals surface area contributed by atoms with E-state index in [9.17, 15) is 9.59 Å². The highest BCUT2D eigenvalue weighted by molar-refractivity contribution is 6.46. The molecule has 0 saturated heterocycles. The number of halogens is 1. The molecule has 0 bridgehead atoms. The maximum absolute atomic E-state index is 11.6. The molecule has 0 aromatic heterocycles. The smallest absolute Gasteiger partial charge is 0.332 e. The molecule has 0 fully saturated rings. The number of ketones is 1. The van der Waals surface area contributed by atoms with Crippen LogP contribution in [0.2, 0.25) is 5.02 Å². The standard InChI is InChI=1S/C10H6ClNO4/c1-5(13)16-12-10-9(14)7-3-2-6(11)4-8(7)15-10/h2-4H,1H3/b12-10+. The molecule has 0 amide bonds. The Morgan fingerprint density at radius 2 is 2.25 bits per heavy atom. The quantitative estimate of drug-likeness (QED) is 0.554. The van der Waals surface area contributed by atoms with Gasteiger partial charge in [-0.25, -0.2) is 4.79 Å². The van der Waals surface area contributed by atoms with Crippen LogP contribution in [0.4, 0.5) is 0 Å². The van der Waals surface area contributed by atoms with E-state index < -0.39 is 11.8 Å². The normalized spacial score (nSPS) is 15.9. The van der Waals surface area contributed by atoms with Gasteiger partial charge in [0, 0.05) is 18.0 Å². The molecule has 0 N–H and O–H groups in total. The second-order valence-corrected chi connectivity index (χ2v) is 3.49. The third kappa shape index (κ3) is 1.90. The molecule has 1 aromatic carbocycles. The largest absolute Gasteiger partial charge is 0.433 e. The van der Waals surface area contributed by atoms with Crippen LogP contribution in [-0.2, 0) is 9.63 Å².